The van der Waals surface area contributed by atoms with Crippen LogP contribution in [0.3, 0.4) is 0 Å². The van der Waals surface area contributed by atoms with Crippen LogP contribution in [0, 0.1) is 22.2 Å². The summed E-state index contributed by atoms with van der Waals surface area (Å²) in [6.45, 7) is 15.4. The first kappa shape index (κ1) is 28.8. The lowest BCUT2D eigenvalue weighted by molar-refractivity contribution is -0.115. The van der Waals surface area contributed by atoms with Crippen molar-refractivity contribution >= 4 is 6.29 Å². The van der Waals surface area contributed by atoms with E-state index in [9.17, 15) is 15.2 Å². The summed E-state index contributed by atoms with van der Waals surface area (Å²) in [5.74, 6) is 0. The summed E-state index contributed by atoms with van der Waals surface area (Å²) in [7, 11) is 0. The number of nitriles is 1. The van der Waals surface area contributed by atoms with Gasteiger partial charge >= 0.3 is 0 Å². The molecule has 2 N–H and O–H groups in total. The molecule has 0 fully saturated rings. The number of nitrogens with one attached hydrogen (secondary N) is 1. The third-order valence-corrected chi connectivity index (χ3v) is 5.44. The maximum absolute atomic E-state index is 10.4. The molecule has 172 valence electrons. The van der Waals surface area contributed by atoms with E-state index in [0.717, 1.165) is 50.4 Å². The van der Waals surface area contributed by atoms with Crippen molar-refractivity contribution in [3.05, 3.63) is 61.2 Å². The molecule has 31 heavy (non-hydrogen) atoms. The number of allylic oxidation sites excluding steroid dienone is 2. The molecule has 0 saturated heterocycles. The monoisotopic (exact) mass is 426 g/mol. The lowest BCUT2D eigenvalue weighted by Gasteiger charge is -2.33. The fourth-order valence-electron chi connectivity index (χ4n) is 3.19. The third-order valence-electron chi connectivity index (χ3n) is 5.44. The van der Waals surface area contributed by atoms with Crippen molar-refractivity contribution in [1.29, 1.82) is 5.26 Å². The number of aliphatic hydroxyl groups is 1. The molecule has 1 aromatic rings. The van der Waals surface area contributed by atoms with Gasteiger partial charge in [-0.25, -0.2) is 0 Å². The number of aliphatic hydroxyl groups excluding tert-OH is 1. The van der Waals surface area contributed by atoms with Gasteiger partial charge in [0.2, 0.25) is 0 Å². The Kier molecular flexibility index (Phi) is 14.4. The number of rotatable bonds is 14. The van der Waals surface area contributed by atoms with Gasteiger partial charge in [0, 0.05) is 5.41 Å². The van der Waals surface area contributed by atoms with E-state index in [1.54, 1.807) is 0 Å². The maximum atomic E-state index is 10.4. The van der Waals surface area contributed by atoms with Crippen molar-refractivity contribution in [2.75, 3.05) is 6.61 Å². The second kappa shape index (κ2) is 15.6. The van der Waals surface area contributed by atoms with Crippen LogP contribution >= 0.6 is 0 Å². The smallest absolute Gasteiger partial charge is 0.125 e. The normalized spacial score (nSPS) is 13.2. The van der Waals surface area contributed by atoms with Crippen LogP contribution in [0.5, 0.6) is 0 Å². The topological polar surface area (TPSA) is 73.1 Å². The van der Waals surface area contributed by atoms with Crippen LogP contribution in [0.4, 0.5) is 0 Å². The highest BCUT2D eigenvalue weighted by molar-refractivity contribution is 5.57. The molecule has 2 atom stereocenters. The Morgan fingerprint density at radius 3 is 2.06 bits per heavy atom. The summed E-state index contributed by atoms with van der Waals surface area (Å²) < 4.78 is 0. The summed E-state index contributed by atoms with van der Waals surface area (Å²) in [5.41, 5.74) is 0.713. The quantitative estimate of drug-likeness (QED) is 0.212. The van der Waals surface area contributed by atoms with Gasteiger partial charge in [-0.15, -0.1) is 13.2 Å². The van der Waals surface area contributed by atoms with Crippen LogP contribution < -0.4 is 5.32 Å². The number of carbonyl (C=O) groups is 1. The Bertz CT molecular complexity index is 674. The fourth-order valence-corrected chi connectivity index (χ4v) is 3.19. The molecule has 1 rings (SSSR count). The van der Waals surface area contributed by atoms with E-state index in [1.165, 1.54) is 0 Å². The van der Waals surface area contributed by atoms with Crippen LogP contribution in [0.15, 0.2) is 55.6 Å². The molecule has 0 spiro atoms. The molecule has 4 heteroatoms. The van der Waals surface area contributed by atoms with E-state index in [-0.39, 0.29) is 29.5 Å². The van der Waals surface area contributed by atoms with Crippen molar-refractivity contribution < 1.29 is 9.90 Å². The zero-order valence-electron chi connectivity index (χ0n) is 19.9. The predicted molar refractivity (Wildman–Crippen MR) is 131 cm³/mol. The van der Waals surface area contributed by atoms with Crippen molar-refractivity contribution in [2.24, 2.45) is 10.8 Å². The van der Waals surface area contributed by atoms with Gasteiger partial charge in [0.05, 0.1) is 18.7 Å². The molecule has 0 aliphatic rings. The van der Waals surface area contributed by atoms with E-state index < -0.39 is 0 Å². The molecule has 0 aromatic heterocycles. The van der Waals surface area contributed by atoms with Gasteiger partial charge in [0.1, 0.15) is 12.3 Å². The molecule has 0 bridgehead atoms. The highest BCUT2D eigenvalue weighted by Gasteiger charge is 2.31. The number of unbranched alkanes of at least 4 members (excludes halogenated alkanes) is 2. The molecule has 0 aliphatic heterocycles. The average Bonchev–Trinajstić information content (AvgIpc) is 2.75. The SMILES string of the molecule is C=CCCCC(C)(C)C(C#N)N[C@@H](CO)c1ccccc1.C=CCCCC(C)(C)C=O. The van der Waals surface area contributed by atoms with Gasteiger partial charge in [0.15, 0.2) is 0 Å². The van der Waals surface area contributed by atoms with Gasteiger partial charge in [0.25, 0.3) is 0 Å². The molecule has 1 unspecified atom stereocenters. The lowest BCUT2D eigenvalue weighted by atomic mass is 9.79. The molecule has 0 heterocycles. The molecule has 0 radical (unpaired) electrons. The molecule has 4 nitrogen and oxygen atoms in total. The van der Waals surface area contributed by atoms with Crippen LogP contribution in [0.25, 0.3) is 0 Å². The highest BCUT2D eigenvalue weighted by Crippen LogP contribution is 2.29. The second-order valence-electron chi connectivity index (χ2n) is 9.33. The number of carbonyl (C=O) groups excluding carboxylic acids is 1. The van der Waals surface area contributed by atoms with Crippen LogP contribution in [-0.4, -0.2) is 24.0 Å². The maximum Gasteiger partial charge on any atom is 0.125 e. The summed E-state index contributed by atoms with van der Waals surface area (Å²) in [6, 6.07) is 11.6. The Morgan fingerprint density at radius 1 is 1.06 bits per heavy atom. The van der Waals surface area contributed by atoms with Crippen LogP contribution in [-0.2, 0) is 4.79 Å². The Morgan fingerprint density at radius 2 is 1.61 bits per heavy atom. The number of nitrogens with zero attached hydrogens (tertiary/aromatic N) is 1. The summed E-state index contributed by atoms with van der Waals surface area (Å²) in [4.78, 5) is 10.4. The minimum Gasteiger partial charge on any atom is -0.394 e. The van der Waals surface area contributed by atoms with Crippen molar-refractivity contribution in [3.8, 4) is 6.07 Å². The van der Waals surface area contributed by atoms with Gasteiger partial charge in [-0.3, -0.25) is 5.32 Å². The fraction of sp³-hybridized carbons (Fsp3) is 0.556. The number of hydrogen-bond acceptors (Lipinski definition) is 4. The van der Waals surface area contributed by atoms with E-state index in [2.05, 4.69) is 38.4 Å². The third kappa shape index (κ3) is 12.3. The average molecular weight is 427 g/mol. The van der Waals surface area contributed by atoms with Crippen LogP contribution in [0.1, 0.15) is 77.8 Å². The van der Waals surface area contributed by atoms with Gasteiger partial charge < -0.3 is 9.90 Å². The highest BCUT2D eigenvalue weighted by atomic mass is 16.3. The Balaban J connectivity index is 0.000000759. The van der Waals surface area contributed by atoms with Crippen molar-refractivity contribution in [2.45, 2.75) is 78.3 Å². The zero-order valence-corrected chi connectivity index (χ0v) is 19.9. The van der Waals surface area contributed by atoms with Gasteiger partial charge in [-0.2, -0.15) is 5.26 Å². The summed E-state index contributed by atoms with van der Waals surface area (Å²) in [6.07, 6.45) is 10.8. The van der Waals surface area contributed by atoms with E-state index in [4.69, 9.17) is 0 Å². The molecular formula is C27H42N2O2. The standard InChI is InChI=1S/C18H26N2O.C9H16O/c1-4-5-9-12-18(2,3)17(13-19)20-16(14-21)15-10-7-6-8-11-15;1-4-5-6-7-9(2,3)8-10/h4,6-8,10-11,16-17,20-21H,1,5,9,12,14H2,2-3H3;4,8H,1,5-7H2,2-3H3/t16-,17?;/m0./s1. The number of aldehydes is 1. The summed E-state index contributed by atoms with van der Waals surface area (Å²) >= 11 is 0. The minimum atomic E-state index is -0.306. The predicted octanol–water partition coefficient (Wildman–Crippen LogP) is 6.15. The first-order chi connectivity index (χ1) is 14.7. The van der Waals surface area contributed by atoms with Crippen LogP contribution in [0.2, 0.25) is 0 Å². The largest absolute Gasteiger partial charge is 0.394 e. The van der Waals surface area contributed by atoms with E-state index >= 15 is 0 Å². The van der Waals surface area contributed by atoms with E-state index in [1.807, 2.05) is 56.3 Å². The Labute approximate surface area is 190 Å². The van der Waals surface area contributed by atoms with E-state index in [0.29, 0.717) is 0 Å². The molecule has 1 aromatic carbocycles. The molecule has 0 amide bonds. The van der Waals surface area contributed by atoms with Gasteiger partial charge in [-0.05, 0) is 49.5 Å². The van der Waals surface area contributed by atoms with Crippen molar-refractivity contribution in [3.63, 3.8) is 0 Å². The zero-order chi connectivity index (χ0) is 23.8. The lowest BCUT2D eigenvalue weighted by Crippen LogP contribution is -2.43. The first-order valence-electron chi connectivity index (χ1n) is 11.2. The molecular weight excluding hydrogens is 384 g/mol. The van der Waals surface area contributed by atoms with Crippen molar-refractivity contribution in [1.82, 2.24) is 5.32 Å². The van der Waals surface area contributed by atoms with Gasteiger partial charge in [-0.1, -0.05) is 70.2 Å². The Hall–Kier alpha value is -2.22. The number of hydrogen-bond donors (Lipinski definition) is 2. The first-order valence-corrected chi connectivity index (χ1v) is 11.2. The second-order valence-corrected chi connectivity index (χ2v) is 9.33. The molecule has 0 aliphatic carbocycles. The minimum absolute atomic E-state index is 0.0229. The molecule has 0 saturated carbocycles. The summed E-state index contributed by atoms with van der Waals surface area (Å²) in [5, 5.41) is 22.4. The number of benzene rings is 1.